The van der Waals surface area contributed by atoms with Gasteiger partial charge in [-0.1, -0.05) is 18.2 Å². The first-order valence-electron chi connectivity index (χ1n) is 5.69. The van der Waals surface area contributed by atoms with Crippen molar-refractivity contribution >= 4 is 16.7 Å². The molecule has 0 aliphatic heterocycles. The number of aryl methyl sites for hydroxylation is 1. The van der Waals surface area contributed by atoms with E-state index >= 15 is 0 Å². The lowest BCUT2D eigenvalue weighted by atomic mass is 10.0. The average Bonchev–Trinajstić information content (AvgIpc) is 2.83. The van der Waals surface area contributed by atoms with E-state index in [1.165, 1.54) is 6.26 Å². The van der Waals surface area contributed by atoms with Crippen LogP contribution in [0.3, 0.4) is 0 Å². The molecule has 2 heterocycles. The van der Waals surface area contributed by atoms with E-state index in [1.807, 2.05) is 30.3 Å². The number of benzene rings is 1. The molecule has 0 fully saturated rings. The highest BCUT2D eigenvalue weighted by molar-refractivity contribution is 6.10. The number of nitrogens with zero attached hydrogens (tertiary/aromatic N) is 1. The minimum absolute atomic E-state index is 0.0335. The smallest absolute Gasteiger partial charge is 0.196 e. The number of carbonyl (C=O) groups excluding carboxylic acids is 1. The molecule has 0 atom stereocenters. The fourth-order valence-corrected chi connectivity index (χ4v) is 1.98. The summed E-state index contributed by atoms with van der Waals surface area (Å²) in [5, 5.41) is 1.03. The fraction of sp³-hybridized carbons (Fsp3) is 0.0667. The minimum atomic E-state index is -0.0335. The minimum Gasteiger partial charge on any atom is -0.469 e. The van der Waals surface area contributed by atoms with E-state index in [0.717, 1.165) is 10.9 Å². The first kappa shape index (κ1) is 10.7. The number of rotatable bonds is 2. The van der Waals surface area contributed by atoms with Gasteiger partial charge < -0.3 is 4.42 Å². The lowest BCUT2D eigenvalue weighted by Gasteiger charge is -2.01. The Labute approximate surface area is 104 Å². The van der Waals surface area contributed by atoms with E-state index in [4.69, 9.17) is 4.42 Å². The number of pyridine rings is 1. The Morgan fingerprint density at radius 1 is 1.22 bits per heavy atom. The summed E-state index contributed by atoms with van der Waals surface area (Å²) < 4.78 is 5.16. The highest BCUT2D eigenvalue weighted by Gasteiger charge is 2.14. The van der Waals surface area contributed by atoms with Crippen LogP contribution >= 0.6 is 0 Å². The summed E-state index contributed by atoms with van der Waals surface area (Å²) in [6, 6.07) is 11.1. The van der Waals surface area contributed by atoms with E-state index in [-0.39, 0.29) is 5.78 Å². The van der Waals surface area contributed by atoms with Crippen LogP contribution in [0.4, 0.5) is 0 Å². The molecule has 0 saturated carbocycles. The summed E-state index contributed by atoms with van der Waals surface area (Å²) in [7, 11) is 0. The van der Waals surface area contributed by atoms with Gasteiger partial charge in [0.05, 0.1) is 17.3 Å². The van der Waals surface area contributed by atoms with Crippen LogP contribution in [0, 0.1) is 6.92 Å². The molecule has 18 heavy (non-hydrogen) atoms. The second-order valence-electron chi connectivity index (χ2n) is 4.13. The van der Waals surface area contributed by atoms with Gasteiger partial charge in [-0.2, -0.15) is 0 Å². The van der Waals surface area contributed by atoms with Crippen LogP contribution in [0.2, 0.25) is 0 Å². The summed E-state index contributed by atoms with van der Waals surface area (Å²) in [6.45, 7) is 1.78. The van der Waals surface area contributed by atoms with Crippen LogP contribution in [0.1, 0.15) is 21.7 Å². The van der Waals surface area contributed by atoms with Gasteiger partial charge in [-0.3, -0.25) is 9.78 Å². The second-order valence-corrected chi connectivity index (χ2v) is 4.13. The summed E-state index contributed by atoms with van der Waals surface area (Å²) >= 11 is 0. The number of aromatic nitrogens is 1. The number of hydrogen-bond donors (Lipinski definition) is 0. The molecule has 3 nitrogen and oxygen atoms in total. The van der Waals surface area contributed by atoms with Crippen molar-refractivity contribution < 1.29 is 9.21 Å². The van der Waals surface area contributed by atoms with Crippen LogP contribution in [0.15, 0.2) is 53.3 Å². The molecular weight excluding hydrogens is 226 g/mol. The number of carbonyl (C=O) groups is 1. The standard InChI is InChI=1S/C15H11NO2/c1-10-13(6-8-18-10)15(17)12-5-4-11-3-2-7-16-14(11)9-12/h2-9H,1H3. The first-order chi connectivity index (χ1) is 8.75. The van der Waals surface area contributed by atoms with Gasteiger partial charge in [0.1, 0.15) is 5.76 Å². The number of ketones is 1. The summed E-state index contributed by atoms with van der Waals surface area (Å²) in [4.78, 5) is 16.5. The Hall–Kier alpha value is -2.42. The molecule has 0 bridgehead atoms. The van der Waals surface area contributed by atoms with Gasteiger partial charge in [-0.25, -0.2) is 0 Å². The van der Waals surface area contributed by atoms with Gasteiger partial charge in [0.2, 0.25) is 0 Å². The molecule has 3 aromatic rings. The van der Waals surface area contributed by atoms with Crippen LogP contribution in [-0.4, -0.2) is 10.8 Å². The van der Waals surface area contributed by atoms with E-state index in [1.54, 1.807) is 19.2 Å². The fourth-order valence-electron chi connectivity index (χ4n) is 1.98. The summed E-state index contributed by atoms with van der Waals surface area (Å²) in [6.07, 6.45) is 3.25. The highest BCUT2D eigenvalue weighted by atomic mass is 16.3. The Balaban J connectivity index is 2.10. The molecule has 0 N–H and O–H groups in total. The van der Waals surface area contributed by atoms with E-state index in [0.29, 0.717) is 16.9 Å². The molecule has 3 rings (SSSR count). The Morgan fingerprint density at radius 2 is 2.11 bits per heavy atom. The zero-order chi connectivity index (χ0) is 12.5. The van der Waals surface area contributed by atoms with Crippen molar-refractivity contribution in [2.45, 2.75) is 6.92 Å². The van der Waals surface area contributed by atoms with Crippen molar-refractivity contribution in [2.75, 3.05) is 0 Å². The van der Waals surface area contributed by atoms with E-state index in [2.05, 4.69) is 4.98 Å². The SMILES string of the molecule is Cc1occc1C(=O)c1ccc2cccnc2c1. The average molecular weight is 237 g/mol. The van der Waals surface area contributed by atoms with Gasteiger partial charge in [0.25, 0.3) is 0 Å². The Kier molecular flexibility index (Phi) is 2.45. The third-order valence-electron chi connectivity index (χ3n) is 2.97. The van der Waals surface area contributed by atoms with E-state index in [9.17, 15) is 4.79 Å². The maximum atomic E-state index is 12.3. The van der Waals surface area contributed by atoms with Crippen LogP contribution in [0.25, 0.3) is 10.9 Å². The molecule has 3 heteroatoms. The topological polar surface area (TPSA) is 43.1 Å². The van der Waals surface area contributed by atoms with Crippen molar-refractivity contribution in [3.8, 4) is 0 Å². The quantitative estimate of drug-likeness (QED) is 0.642. The molecule has 0 spiro atoms. The molecule has 2 aromatic heterocycles. The molecule has 0 aliphatic carbocycles. The first-order valence-corrected chi connectivity index (χ1v) is 5.69. The lowest BCUT2D eigenvalue weighted by molar-refractivity contribution is 0.103. The molecule has 0 radical (unpaired) electrons. The molecule has 1 aromatic carbocycles. The molecular formula is C15H11NO2. The van der Waals surface area contributed by atoms with Crippen LogP contribution < -0.4 is 0 Å². The normalized spacial score (nSPS) is 10.7. The predicted octanol–water partition coefficient (Wildman–Crippen LogP) is 3.37. The molecule has 0 amide bonds. The zero-order valence-electron chi connectivity index (χ0n) is 9.88. The molecule has 88 valence electrons. The number of fused-ring (bicyclic) bond motifs is 1. The third-order valence-corrected chi connectivity index (χ3v) is 2.97. The van der Waals surface area contributed by atoms with Crippen molar-refractivity contribution in [2.24, 2.45) is 0 Å². The number of hydrogen-bond acceptors (Lipinski definition) is 3. The second kappa shape index (κ2) is 4.11. The Morgan fingerprint density at radius 3 is 2.89 bits per heavy atom. The summed E-state index contributed by atoms with van der Waals surface area (Å²) in [5.41, 5.74) is 2.06. The maximum absolute atomic E-state index is 12.3. The summed E-state index contributed by atoms with van der Waals surface area (Å²) in [5.74, 6) is 0.606. The monoisotopic (exact) mass is 237 g/mol. The van der Waals surface area contributed by atoms with Gasteiger partial charge in [-0.15, -0.1) is 0 Å². The maximum Gasteiger partial charge on any atom is 0.196 e. The van der Waals surface area contributed by atoms with Gasteiger partial charge >= 0.3 is 0 Å². The predicted molar refractivity (Wildman–Crippen MR) is 68.6 cm³/mol. The van der Waals surface area contributed by atoms with E-state index < -0.39 is 0 Å². The number of furan rings is 1. The lowest BCUT2D eigenvalue weighted by Crippen LogP contribution is -2.01. The van der Waals surface area contributed by atoms with Crippen molar-refractivity contribution in [3.63, 3.8) is 0 Å². The van der Waals surface area contributed by atoms with Gasteiger partial charge in [0, 0.05) is 17.1 Å². The van der Waals surface area contributed by atoms with Gasteiger partial charge in [0.15, 0.2) is 5.78 Å². The Bertz CT molecular complexity index is 728. The highest BCUT2D eigenvalue weighted by Crippen LogP contribution is 2.18. The zero-order valence-corrected chi connectivity index (χ0v) is 9.88. The van der Waals surface area contributed by atoms with Crippen LogP contribution in [0.5, 0.6) is 0 Å². The third kappa shape index (κ3) is 1.70. The molecule has 0 unspecified atom stereocenters. The van der Waals surface area contributed by atoms with Crippen molar-refractivity contribution in [1.29, 1.82) is 0 Å². The van der Waals surface area contributed by atoms with Gasteiger partial charge in [-0.05, 0) is 25.1 Å². The molecule has 0 saturated heterocycles. The molecule has 0 aliphatic rings. The van der Waals surface area contributed by atoms with Crippen molar-refractivity contribution in [3.05, 3.63) is 65.7 Å². The largest absolute Gasteiger partial charge is 0.469 e. The van der Waals surface area contributed by atoms with Crippen molar-refractivity contribution in [1.82, 2.24) is 4.98 Å². The van der Waals surface area contributed by atoms with Crippen LogP contribution in [-0.2, 0) is 0 Å².